The van der Waals surface area contributed by atoms with Crippen LogP contribution in [0.5, 0.6) is 0 Å². The smallest absolute Gasteiger partial charge is 0.00823 e. The average molecular weight is 237 g/mol. The van der Waals surface area contributed by atoms with Gasteiger partial charge in [0.25, 0.3) is 0 Å². The topological polar surface area (TPSA) is 26.0 Å². The van der Waals surface area contributed by atoms with Gasteiger partial charge in [0.2, 0.25) is 0 Å². The molecule has 0 aromatic carbocycles. The Hall–Kier alpha value is -0.340. The van der Waals surface area contributed by atoms with Crippen LogP contribution in [0.15, 0.2) is 12.1 Å². The van der Waals surface area contributed by atoms with Crippen LogP contribution >= 0.6 is 11.3 Å². The number of thiophene rings is 1. The maximum absolute atomic E-state index is 5.93. The van der Waals surface area contributed by atoms with Gasteiger partial charge in [0.1, 0.15) is 0 Å². The highest BCUT2D eigenvalue weighted by Gasteiger charge is 2.30. The van der Waals surface area contributed by atoms with Crippen molar-refractivity contribution in [2.24, 2.45) is 17.6 Å². The minimum absolute atomic E-state index is 0.723. The van der Waals surface area contributed by atoms with Crippen LogP contribution < -0.4 is 5.73 Å². The summed E-state index contributed by atoms with van der Waals surface area (Å²) in [4.78, 5) is 3.01. The third-order valence-corrected chi connectivity index (χ3v) is 5.24. The molecule has 2 rings (SSSR count). The van der Waals surface area contributed by atoms with E-state index in [1.54, 1.807) is 4.88 Å². The highest BCUT2D eigenvalue weighted by molar-refractivity contribution is 7.12. The molecule has 0 bridgehead atoms. The summed E-state index contributed by atoms with van der Waals surface area (Å²) in [6, 6.07) is 4.58. The van der Waals surface area contributed by atoms with Crippen molar-refractivity contribution in [1.29, 1.82) is 0 Å². The van der Waals surface area contributed by atoms with Crippen molar-refractivity contribution in [3.05, 3.63) is 21.9 Å². The van der Waals surface area contributed by atoms with E-state index in [-0.39, 0.29) is 0 Å². The summed E-state index contributed by atoms with van der Waals surface area (Å²) in [5.41, 5.74) is 5.93. The zero-order valence-corrected chi connectivity index (χ0v) is 11.2. The SMILES string of the molecule is CCC1CCC(CN)C(c2ccc(C)s2)C1. The lowest BCUT2D eigenvalue weighted by molar-refractivity contribution is 0.238. The first kappa shape index (κ1) is 12.1. The number of aryl methyl sites for hydroxylation is 1. The lowest BCUT2D eigenvalue weighted by Crippen LogP contribution is -2.28. The minimum Gasteiger partial charge on any atom is -0.330 e. The molecule has 16 heavy (non-hydrogen) atoms. The lowest BCUT2D eigenvalue weighted by atomic mass is 9.72. The van der Waals surface area contributed by atoms with E-state index < -0.39 is 0 Å². The minimum atomic E-state index is 0.723. The Bertz CT molecular complexity index is 331. The molecule has 0 amide bonds. The Kier molecular flexibility index (Phi) is 4.04. The standard InChI is InChI=1S/C14H23NS/c1-3-11-5-6-12(9-15)13(8-11)14-7-4-10(2)16-14/h4,7,11-13H,3,5-6,8-9,15H2,1-2H3. The van der Waals surface area contributed by atoms with Crippen LogP contribution in [0.25, 0.3) is 0 Å². The molecule has 1 heterocycles. The van der Waals surface area contributed by atoms with E-state index in [4.69, 9.17) is 5.73 Å². The summed E-state index contributed by atoms with van der Waals surface area (Å²) in [7, 11) is 0. The van der Waals surface area contributed by atoms with Crippen molar-refractivity contribution < 1.29 is 0 Å². The number of hydrogen-bond donors (Lipinski definition) is 1. The van der Waals surface area contributed by atoms with Crippen LogP contribution in [0, 0.1) is 18.8 Å². The van der Waals surface area contributed by atoms with Crippen LogP contribution in [0.2, 0.25) is 0 Å². The molecular formula is C14H23NS. The maximum Gasteiger partial charge on any atom is 0.00823 e. The summed E-state index contributed by atoms with van der Waals surface area (Å²) >= 11 is 1.97. The summed E-state index contributed by atoms with van der Waals surface area (Å²) in [6.07, 6.45) is 5.41. The normalized spacial score (nSPS) is 30.6. The summed E-state index contributed by atoms with van der Waals surface area (Å²) < 4.78 is 0. The van der Waals surface area contributed by atoms with Gasteiger partial charge in [-0.15, -0.1) is 11.3 Å². The number of hydrogen-bond acceptors (Lipinski definition) is 2. The fraction of sp³-hybridized carbons (Fsp3) is 0.714. The van der Waals surface area contributed by atoms with Crippen LogP contribution in [-0.4, -0.2) is 6.54 Å². The van der Waals surface area contributed by atoms with Crippen LogP contribution in [0.1, 0.15) is 48.3 Å². The average Bonchev–Trinajstić information content (AvgIpc) is 2.75. The first-order chi connectivity index (χ1) is 7.74. The predicted octanol–water partition coefficient (Wildman–Crippen LogP) is 3.93. The number of nitrogens with two attached hydrogens (primary N) is 1. The highest BCUT2D eigenvalue weighted by atomic mass is 32.1. The molecule has 1 saturated carbocycles. The van der Waals surface area contributed by atoms with Crippen molar-refractivity contribution in [2.75, 3.05) is 6.54 Å². The van der Waals surface area contributed by atoms with Crippen molar-refractivity contribution in [3.8, 4) is 0 Å². The van der Waals surface area contributed by atoms with Gasteiger partial charge in [-0.3, -0.25) is 0 Å². The van der Waals surface area contributed by atoms with Crippen molar-refractivity contribution in [1.82, 2.24) is 0 Å². The molecule has 1 aliphatic carbocycles. The van der Waals surface area contributed by atoms with E-state index in [0.717, 1.165) is 24.3 Å². The Labute approximate surface area is 103 Å². The zero-order valence-electron chi connectivity index (χ0n) is 10.4. The molecule has 1 aromatic heterocycles. The molecule has 90 valence electrons. The van der Waals surface area contributed by atoms with E-state index in [1.165, 1.54) is 30.6 Å². The fourth-order valence-corrected chi connectivity index (χ4v) is 4.06. The molecule has 2 N–H and O–H groups in total. The zero-order chi connectivity index (χ0) is 11.5. The Morgan fingerprint density at radius 1 is 1.38 bits per heavy atom. The largest absolute Gasteiger partial charge is 0.330 e. The first-order valence-electron chi connectivity index (χ1n) is 6.51. The Morgan fingerprint density at radius 2 is 2.19 bits per heavy atom. The first-order valence-corrected chi connectivity index (χ1v) is 7.32. The molecule has 1 aliphatic rings. The molecule has 3 unspecified atom stereocenters. The van der Waals surface area contributed by atoms with Gasteiger partial charge in [-0.25, -0.2) is 0 Å². The lowest BCUT2D eigenvalue weighted by Gasteiger charge is -2.34. The maximum atomic E-state index is 5.93. The van der Waals surface area contributed by atoms with Gasteiger partial charge >= 0.3 is 0 Å². The third kappa shape index (κ3) is 2.49. The molecule has 0 spiro atoms. The summed E-state index contributed by atoms with van der Waals surface area (Å²) in [5.74, 6) is 2.39. The Morgan fingerprint density at radius 3 is 2.75 bits per heavy atom. The second-order valence-corrected chi connectivity index (χ2v) is 6.46. The molecule has 1 nitrogen and oxygen atoms in total. The van der Waals surface area contributed by atoms with E-state index in [9.17, 15) is 0 Å². The second kappa shape index (κ2) is 5.33. The van der Waals surface area contributed by atoms with Gasteiger partial charge in [0.15, 0.2) is 0 Å². The third-order valence-electron chi connectivity index (χ3n) is 4.11. The molecule has 2 heteroatoms. The molecule has 3 atom stereocenters. The van der Waals surface area contributed by atoms with Gasteiger partial charge in [0, 0.05) is 9.75 Å². The van der Waals surface area contributed by atoms with Gasteiger partial charge in [0.05, 0.1) is 0 Å². The molecule has 1 fully saturated rings. The second-order valence-electron chi connectivity index (χ2n) is 5.14. The van der Waals surface area contributed by atoms with Crippen molar-refractivity contribution >= 4 is 11.3 Å². The van der Waals surface area contributed by atoms with E-state index in [1.807, 2.05) is 11.3 Å². The molecule has 0 aliphatic heterocycles. The highest BCUT2D eigenvalue weighted by Crippen LogP contribution is 2.43. The molecule has 0 radical (unpaired) electrons. The van der Waals surface area contributed by atoms with Gasteiger partial charge in [-0.2, -0.15) is 0 Å². The van der Waals surface area contributed by atoms with E-state index >= 15 is 0 Å². The van der Waals surface area contributed by atoms with Crippen LogP contribution in [-0.2, 0) is 0 Å². The summed E-state index contributed by atoms with van der Waals surface area (Å²) in [5, 5.41) is 0. The van der Waals surface area contributed by atoms with Gasteiger partial charge < -0.3 is 5.73 Å². The van der Waals surface area contributed by atoms with Gasteiger partial charge in [-0.05, 0) is 56.2 Å². The molecule has 1 aromatic rings. The van der Waals surface area contributed by atoms with Crippen LogP contribution in [0.4, 0.5) is 0 Å². The Balaban J connectivity index is 2.14. The van der Waals surface area contributed by atoms with Gasteiger partial charge in [-0.1, -0.05) is 19.8 Å². The van der Waals surface area contributed by atoms with E-state index in [0.29, 0.717) is 0 Å². The monoisotopic (exact) mass is 237 g/mol. The fourth-order valence-electron chi connectivity index (χ4n) is 2.97. The predicted molar refractivity (Wildman–Crippen MR) is 72.0 cm³/mol. The number of rotatable bonds is 3. The quantitative estimate of drug-likeness (QED) is 0.847. The van der Waals surface area contributed by atoms with Crippen molar-refractivity contribution in [2.45, 2.75) is 45.4 Å². The summed E-state index contributed by atoms with van der Waals surface area (Å²) in [6.45, 7) is 5.38. The van der Waals surface area contributed by atoms with Crippen molar-refractivity contribution in [3.63, 3.8) is 0 Å². The van der Waals surface area contributed by atoms with Crippen LogP contribution in [0.3, 0.4) is 0 Å². The molecular weight excluding hydrogens is 214 g/mol. The van der Waals surface area contributed by atoms with E-state index in [2.05, 4.69) is 26.0 Å². The molecule has 0 saturated heterocycles.